The van der Waals surface area contributed by atoms with Crippen LogP contribution in [0.1, 0.15) is 13.3 Å². The lowest BCUT2D eigenvalue weighted by Gasteiger charge is -2.10. The Morgan fingerprint density at radius 1 is 1.23 bits per heavy atom. The molecule has 1 aliphatic rings. The van der Waals surface area contributed by atoms with Gasteiger partial charge in [-0.05, 0) is 43.3 Å². The Labute approximate surface area is 189 Å². The first-order valence-corrected chi connectivity index (χ1v) is 10.9. The predicted molar refractivity (Wildman–Crippen MR) is 126 cm³/mol. The van der Waals surface area contributed by atoms with Crippen LogP contribution in [0.3, 0.4) is 0 Å². The topological polar surface area (TPSA) is 89.0 Å². The minimum Gasteiger partial charge on any atom is -0.495 e. The summed E-state index contributed by atoms with van der Waals surface area (Å²) in [5, 5.41) is 7.06. The van der Waals surface area contributed by atoms with Crippen LogP contribution in [0.15, 0.2) is 59.2 Å². The fraction of sp³-hybridized carbons (Fsp3) is 0.227. The van der Waals surface area contributed by atoms with Gasteiger partial charge in [0, 0.05) is 11.4 Å². The molecule has 2 N–H and O–H groups in total. The Morgan fingerprint density at radius 3 is 2.77 bits per heavy atom. The van der Waals surface area contributed by atoms with Crippen molar-refractivity contribution in [3.05, 3.63) is 59.3 Å². The quantitative estimate of drug-likeness (QED) is 0.565. The molecule has 1 amide bonds. The maximum Gasteiger partial charge on any atom is 0.311 e. The summed E-state index contributed by atoms with van der Waals surface area (Å²) < 4.78 is 10.2. The van der Waals surface area contributed by atoms with Crippen molar-refractivity contribution in [3.8, 4) is 5.75 Å². The zero-order chi connectivity index (χ0) is 22.2. The number of carbonyl (C=O) groups excluding carboxylic acids is 2. The largest absolute Gasteiger partial charge is 0.495 e. The lowest BCUT2D eigenvalue weighted by atomic mass is 10.2. The number of anilines is 2. The Kier molecular flexibility index (Phi) is 7.97. The van der Waals surface area contributed by atoms with E-state index in [1.54, 1.807) is 31.2 Å². The third-order valence-corrected chi connectivity index (χ3v) is 5.36. The van der Waals surface area contributed by atoms with Crippen molar-refractivity contribution in [2.24, 2.45) is 4.99 Å². The molecule has 31 heavy (non-hydrogen) atoms. The average molecular weight is 460 g/mol. The number of rotatable bonds is 7. The highest BCUT2D eigenvalue weighted by Crippen LogP contribution is 2.31. The number of methoxy groups -OCH3 is 1. The second-order valence-corrected chi connectivity index (χ2v) is 7.83. The predicted octanol–water partition coefficient (Wildman–Crippen LogP) is 5.01. The monoisotopic (exact) mass is 459 g/mol. The molecule has 2 aromatic carbocycles. The molecule has 0 spiro atoms. The lowest BCUT2D eigenvalue weighted by Crippen LogP contribution is -2.15. The number of aliphatic imine (C=N–C) groups is 1. The van der Waals surface area contributed by atoms with Crippen LogP contribution in [0.5, 0.6) is 5.75 Å². The van der Waals surface area contributed by atoms with Gasteiger partial charge < -0.3 is 20.1 Å². The molecule has 0 bridgehead atoms. The SMILES string of the molecule is CCOC(=O)CC1=CC(SCC(=O)Nc2ccc(OC)c(Cl)c2)=Nc2ccccc2N1. The van der Waals surface area contributed by atoms with Crippen molar-refractivity contribution in [1.29, 1.82) is 0 Å². The van der Waals surface area contributed by atoms with Crippen LogP contribution < -0.4 is 15.4 Å². The Bertz CT molecular complexity index is 1040. The van der Waals surface area contributed by atoms with Crippen LogP contribution in [0, 0.1) is 0 Å². The minimum absolute atomic E-state index is 0.0816. The van der Waals surface area contributed by atoms with Gasteiger partial charge in [-0.2, -0.15) is 0 Å². The molecular weight excluding hydrogens is 438 g/mol. The third-order valence-electron chi connectivity index (χ3n) is 4.15. The standard InChI is InChI=1S/C22H22ClN3O4S/c1-3-30-22(28)12-15-11-21(26-18-7-5-4-6-17(18)24-15)31-13-20(27)25-14-8-9-19(29-2)16(23)10-14/h4-11,24H,3,12-13H2,1-2H3,(H,25,27). The summed E-state index contributed by atoms with van der Waals surface area (Å²) in [6, 6.07) is 12.5. The molecule has 2 aromatic rings. The Morgan fingerprint density at radius 2 is 2.03 bits per heavy atom. The van der Waals surface area contributed by atoms with Crippen molar-refractivity contribution >= 4 is 57.3 Å². The summed E-state index contributed by atoms with van der Waals surface area (Å²) in [5.74, 6) is 0.125. The Hall–Kier alpha value is -2.97. The minimum atomic E-state index is -0.334. The molecule has 162 valence electrons. The van der Waals surface area contributed by atoms with E-state index in [0.29, 0.717) is 33.8 Å². The first kappa shape index (κ1) is 22.7. The molecule has 3 rings (SSSR count). The van der Waals surface area contributed by atoms with Crippen LogP contribution in [0.25, 0.3) is 0 Å². The smallest absolute Gasteiger partial charge is 0.311 e. The van der Waals surface area contributed by atoms with E-state index < -0.39 is 0 Å². The molecule has 9 heteroatoms. The summed E-state index contributed by atoms with van der Waals surface area (Å²) in [6.07, 6.45) is 1.84. The van der Waals surface area contributed by atoms with E-state index in [1.807, 2.05) is 24.3 Å². The van der Waals surface area contributed by atoms with Gasteiger partial charge in [-0.3, -0.25) is 9.59 Å². The normalized spacial score (nSPS) is 12.5. The summed E-state index contributed by atoms with van der Waals surface area (Å²) >= 11 is 7.37. The van der Waals surface area contributed by atoms with Gasteiger partial charge in [0.05, 0.1) is 47.3 Å². The number of nitrogens with one attached hydrogen (secondary N) is 2. The second-order valence-electron chi connectivity index (χ2n) is 6.43. The van der Waals surface area contributed by atoms with Gasteiger partial charge in [-0.25, -0.2) is 4.99 Å². The number of amides is 1. The van der Waals surface area contributed by atoms with Gasteiger partial charge in [0.25, 0.3) is 0 Å². The number of para-hydroxylation sites is 2. The third kappa shape index (κ3) is 6.50. The molecule has 0 saturated carbocycles. The van der Waals surface area contributed by atoms with Gasteiger partial charge in [-0.15, -0.1) is 0 Å². The average Bonchev–Trinajstić information content (AvgIpc) is 2.91. The summed E-state index contributed by atoms with van der Waals surface area (Å²) in [7, 11) is 1.53. The number of halogens is 1. The number of carbonyl (C=O) groups is 2. The summed E-state index contributed by atoms with van der Waals surface area (Å²) in [5.41, 5.74) is 2.73. The van der Waals surface area contributed by atoms with Crippen molar-refractivity contribution in [2.75, 3.05) is 30.1 Å². The second kappa shape index (κ2) is 10.9. The van der Waals surface area contributed by atoms with Crippen LogP contribution in [-0.4, -0.2) is 36.4 Å². The molecule has 0 fully saturated rings. The van der Waals surface area contributed by atoms with E-state index in [4.69, 9.17) is 21.1 Å². The van der Waals surface area contributed by atoms with E-state index in [9.17, 15) is 9.59 Å². The highest BCUT2D eigenvalue weighted by Gasteiger charge is 2.16. The van der Waals surface area contributed by atoms with Crippen molar-refractivity contribution in [1.82, 2.24) is 0 Å². The highest BCUT2D eigenvalue weighted by atomic mass is 35.5. The molecule has 0 atom stereocenters. The van der Waals surface area contributed by atoms with Gasteiger partial charge in [-0.1, -0.05) is 35.5 Å². The fourth-order valence-electron chi connectivity index (χ4n) is 2.80. The highest BCUT2D eigenvalue weighted by molar-refractivity contribution is 8.14. The molecule has 0 unspecified atom stereocenters. The number of thioether (sulfide) groups is 1. The summed E-state index contributed by atoms with van der Waals surface area (Å²) in [4.78, 5) is 29.0. The number of benzene rings is 2. The lowest BCUT2D eigenvalue weighted by molar-refractivity contribution is -0.142. The number of hydrogen-bond donors (Lipinski definition) is 2. The van der Waals surface area contributed by atoms with Gasteiger partial charge in [0.2, 0.25) is 5.91 Å². The van der Waals surface area contributed by atoms with Crippen molar-refractivity contribution in [3.63, 3.8) is 0 Å². The Balaban J connectivity index is 1.70. The van der Waals surface area contributed by atoms with Crippen LogP contribution >= 0.6 is 23.4 Å². The molecule has 1 aliphatic heterocycles. The number of fused-ring (bicyclic) bond motifs is 1. The van der Waals surface area contributed by atoms with E-state index in [1.165, 1.54) is 18.9 Å². The first-order valence-electron chi connectivity index (χ1n) is 9.55. The molecule has 1 heterocycles. The number of esters is 1. The van der Waals surface area contributed by atoms with E-state index in [0.717, 1.165) is 11.4 Å². The first-order chi connectivity index (χ1) is 15.0. The molecule has 0 radical (unpaired) electrons. The molecule has 7 nitrogen and oxygen atoms in total. The molecule has 0 saturated heterocycles. The van der Waals surface area contributed by atoms with E-state index in [2.05, 4.69) is 15.6 Å². The molecular formula is C22H22ClN3O4S. The van der Waals surface area contributed by atoms with Crippen LogP contribution in [0.4, 0.5) is 17.1 Å². The van der Waals surface area contributed by atoms with E-state index >= 15 is 0 Å². The maximum atomic E-state index is 12.4. The van der Waals surface area contributed by atoms with Crippen molar-refractivity contribution in [2.45, 2.75) is 13.3 Å². The number of nitrogens with zero attached hydrogens (tertiary/aromatic N) is 1. The number of hydrogen-bond acceptors (Lipinski definition) is 7. The number of ether oxygens (including phenoxy) is 2. The van der Waals surface area contributed by atoms with Crippen LogP contribution in [0.2, 0.25) is 5.02 Å². The van der Waals surface area contributed by atoms with Gasteiger partial charge >= 0.3 is 5.97 Å². The maximum absolute atomic E-state index is 12.4. The molecule has 0 aromatic heterocycles. The van der Waals surface area contributed by atoms with Crippen molar-refractivity contribution < 1.29 is 19.1 Å². The zero-order valence-electron chi connectivity index (χ0n) is 17.1. The van der Waals surface area contributed by atoms with Gasteiger partial charge in [0.15, 0.2) is 0 Å². The zero-order valence-corrected chi connectivity index (χ0v) is 18.7. The fourth-order valence-corrected chi connectivity index (χ4v) is 3.80. The summed E-state index contributed by atoms with van der Waals surface area (Å²) in [6.45, 7) is 2.08. The van der Waals surface area contributed by atoms with Gasteiger partial charge in [0.1, 0.15) is 5.75 Å². The molecule has 0 aliphatic carbocycles. The van der Waals surface area contributed by atoms with E-state index in [-0.39, 0.29) is 24.1 Å². The van der Waals surface area contributed by atoms with Crippen LogP contribution in [-0.2, 0) is 14.3 Å².